The summed E-state index contributed by atoms with van der Waals surface area (Å²) in [7, 11) is 0. The molecular formula is C27H41NO10. The molecule has 0 aliphatic rings. The molecule has 0 amide bonds. The van der Waals surface area contributed by atoms with Crippen LogP contribution in [-0.4, -0.2) is 60.3 Å². The number of rotatable bonds is 14. The number of esters is 1. The SMILES string of the molecule is CCC(=O)OC(C)CN[C@@H](Cc1ccc(OC(=O)OC(C)C(C)C)c(OC(=O)OC(C)C(C)C)c1)C(=O)O. The average Bonchev–Trinajstić information content (AvgIpc) is 2.82. The number of nitrogens with one attached hydrogen (secondary N) is 1. The summed E-state index contributed by atoms with van der Waals surface area (Å²) in [5, 5.41) is 12.5. The number of carboxylic acid groups (broad SMARTS) is 1. The lowest BCUT2D eigenvalue weighted by Gasteiger charge is -2.20. The third-order valence-electron chi connectivity index (χ3n) is 5.85. The summed E-state index contributed by atoms with van der Waals surface area (Å²) in [6, 6.07) is 3.28. The number of carboxylic acids is 1. The summed E-state index contributed by atoms with van der Waals surface area (Å²) in [5.74, 6) is -1.64. The molecule has 0 aliphatic heterocycles. The molecule has 214 valence electrons. The molecule has 0 spiro atoms. The number of aliphatic carboxylic acids is 1. The van der Waals surface area contributed by atoms with Crippen LogP contribution in [0.2, 0.25) is 0 Å². The van der Waals surface area contributed by atoms with E-state index in [-0.39, 0.29) is 48.7 Å². The van der Waals surface area contributed by atoms with E-state index in [0.29, 0.717) is 5.56 Å². The second-order valence-electron chi connectivity index (χ2n) is 9.78. The maximum atomic E-state index is 12.4. The van der Waals surface area contributed by atoms with Crippen molar-refractivity contribution < 1.29 is 48.0 Å². The Hall–Kier alpha value is -3.34. The van der Waals surface area contributed by atoms with Crippen molar-refractivity contribution in [3.05, 3.63) is 23.8 Å². The highest BCUT2D eigenvalue weighted by molar-refractivity contribution is 5.74. The molecule has 0 aliphatic carbocycles. The van der Waals surface area contributed by atoms with E-state index in [1.165, 1.54) is 12.1 Å². The fraction of sp³-hybridized carbons (Fsp3) is 0.630. The molecule has 11 nitrogen and oxygen atoms in total. The smallest absolute Gasteiger partial charge is 0.480 e. The normalized spacial score (nSPS) is 14.3. The highest BCUT2D eigenvalue weighted by Gasteiger charge is 2.24. The zero-order valence-electron chi connectivity index (χ0n) is 23.4. The van der Waals surface area contributed by atoms with Crippen LogP contribution in [-0.2, 0) is 30.2 Å². The van der Waals surface area contributed by atoms with E-state index in [9.17, 15) is 24.3 Å². The van der Waals surface area contributed by atoms with E-state index < -0.39 is 42.6 Å². The molecule has 4 atom stereocenters. The topological polar surface area (TPSA) is 147 Å². The lowest BCUT2D eigenvalue weighted by molar-refractivity contribution is -0.147. The van der Waals surface area contributed by atoms with Crippen molar-refractivity contribution in [1.82, 2.24) is 5.32 Å². The Morgan fingerprint density at radius 3 is 1.82 bits per heavy atom. The standard InChI is InChI=1S/C27H41NO10/c1-9-24(29)34-17(6)14-28-21(25(30)31)12-20-10-11-22(37-26(32)35-18(7)15(2)3)23(13-20)38-27(33)36-19(8)16(4)5/h10-11,13,15-19,21,28H,9,12,14H2,1-8H3,(H,30,31)/t17?,18?,19?,21-/m0/s1. The zero-order chi connectivity index (χ0) is 29.0. The second-order valence-corrected chi connectivity index (χ2v) is 9.78. The van der Waals surface area contributed by atoms with Crippen LogP contribution in [0.4, 0.5) is 9.59 Å². The lowest BCUT2D eigenvalue weighted by Crippen LogP contribution is -2.42. The van der Waals surface area contributed by atoms with Crippen LogP contribution in [0.15, 0.2) is 18.2 Å². The van der Waals surface area contributed by atoms with Gasteiger partial charge >= 0.3 is 24.2 Å². The van der Waals surface area contributed by atoms with Crippen LogP contribution in [0.1, 0.15) is 67.4 Å². The fourth-order valence-electron chi connectivity index (χ4n) is 2.79. The number of benzene rings is 1. The van der Waals surface area contributed by atoms with Crippen molar-refractivity contribution >= 4 is 24.2 Å². The number of ether oxygens (including phenoxy) is 5. The maximum absolute atomic E-state index is 12.4. The molecule has 1 aromatic carbocycles. The monoisotopic (exact) mass is 539 g/mol. The molecule has 0 saturated heterocycles. The van der Waals surface area contributed by atoms with Crippen LogP contribution in [0.5, 0.6) is 11.5 Å². The van der Waals surface area contributed by atoms with Gasteiger partial charge in [-0.2, -0.15) is 0 Å². The predicted octanol–water partition coefficient (Wildman–Crippen LogP) is 4.73. The van der Waals surface area contributed by atoms with Crippen molar-refractivity contribution in [2.45, 2.75) is 92.6 Å². The first-order valence-corrected chi connectivity index (χ1v) is 12.8. The third-order valence-corrected chi connectivity index (χ3v) is 5.85. The van der Waals surface area contributed by atoms with E-state index >= 15 is 0 Å². The van der Waals surface area contributed by atoms with E-state index in [0.717, 1.165) is 0 Å². The largest absolute Gasteiger partial charge is 0.514 e. The van der Waals surface area contributed by atoms with Crippen LogP contribution in [0, 0.1) is 11.8 Å². The van der Waals surface area contributed by atoms with E-state index in [1.807, 2.05) is 27.7 Å². The third kappa shape index (κ3) is 11.8. The summed E-state index contributed by atoms with van der Waals surface area (Å²) < 4.78 is 26.3. The van der Waals surface area contributed by atoms with Crippen LogP contribution < -0.4 is 14.8 Å². The molecule has 11 heteroatoms. The molecule has 0 radical (unpaired) electrons. The Bertz CT molecular complexity index is 946. The molecule has 1 aromatic rings. The van der Waals surface area contributed by atoms with Gasteiger partial charge < -0.3 is 34.1 Å². The van der Waals surface area contributed by atoms with Crippen LogP contribution >= 0.6 is 0 Å². The minimum atomic E-state index is -1.13. The number of hydrogen-bond donors (Lipinski definition) is 2. The van der Waals surface area contributed by atoms with E-state index in [1.54, 1.807) is 33.8 Å². The molecule has 2 N–H and O–H groups in total. The van der Waals surface area contributed by atoms with Gasteiger partial charge in [0, 0.05) is 13.0 Å². The Morgan fingerprint density at radius 2 is 1.34 bits per heavy atom. The minimum Gasteiger partial charge on any atom is -0.480 e. The van der Waals surface area contributed by atoms with Crippen molar-refractivity contribution in [3.63, 3.8) is 0 Å². The van der Waals surface area contributed by atoms with Gasteiger partial charge in [-0.05, 0) is 56.7 Å². The Labute approximate surface area is 224 Å². The van der Waals surface area contributed by atoms with Gasteiger partial charge in [-0.1, -0.05) is 40.7 Å². The fourth-order valence-corrected chi connectivity index (χ4v) is 2.79. The van der Waals surface area contributed by atoms with Gasteiger partial charge in [0.25, 0.3) is 0 Å². The summed E-state index contributed by atoms with van der Waals surface area (Å²) in [4.78, 5) is 48.0. The first-order chi connectivity index (χ1) is 17.7. The molecule has 0 saturated carbocycles. The predicted molar refractivity (Wildman–Crippen MR) is 138 cm³/mol. The second kappa shape index (κ2) is 15.8. The molecular weight excluding hydrogens is 498 g/mol. The van der Waals surface area contributed by atoms with Gasteiger partial charge in [0.1, 0.15) is 24.4 Å². The quantitative estimate of drug-likeness (QED) is 0.192. The molecule has 0 bridgehead atoms. The number of carbonyl (C=O) groups excluding carboxylic acids is 3. The number of carbonyl (C=O) groups is 4. The Kier molecular flexibility index (Phi) is 13.6. The summed E-state index contributed by atoms with van der Waals surface area (Å²) in [6.07, 6.45) is -3.15. The van der Waals surface area contributed by atoms with Crippen LogP contribution in [0.3, 0.4) is 0 Å². The van der Waals surface area contributed by atoms with Gasteiger partial charge in [-0.3, -0.25) is 9.59 Å². The first-order valence-electron chi connectivity index (χ1n) is 12.8. The molecule has 1 rings (SSSR count). The van der Waals surface area contributed by atoms with Crippen molar-refractivity contribution in [3.8, 4) is 11.5 Å². The van der Waals surface area contributed by atoms with Gasteiger partial charge in [-0.15, -0.1) is 0 Å². The highest BCUT2D eigenvalue weighted by Crippen LogP contribution is 2.30. The van der Waals surface area contributed by atoms with Crippen molar-refractivity contribution in [2.24, 2.45) is 11.8 Å². The molecule has 0 heterocycles. The molecule has 3 unspecified atom stereocenters. The summed E-state index contributed by atoms with van der Waals surface area (Å²) >= 11 is 0. The minimum absolute atomic E-state index is 0.00725. The summed E-state index contributed by atoms with van der Waals surface area (Å²) in [5.41, 5.74) is 0.471. The molecule has 38 heavy (non-hydrogen) atoms. The van der Waals surface area contributed by atoms with Crippen LogP contribution in [0.25, 0.3) is 0 Å². The molecule has 0 aromatic heterocycles. The van der Waals surface area contributed by atoms with E-state index in [4.69, 9.17) is 23.7 Å². The van der Waals surface area contributed by atoms with Gasteiger partial charge in [-0.25, -0.2) is 9.59 Å². The number of hydrogen-bond acceptors (Lipinski definition) is 10. The lowest BCUT2D eigenvalue weighted by atomic mass is 10.0. The summed E-state index contributed by atoms with van der Waals surface area (Å²) in [6.45, 7) is 14.4. The highest BCUT2D eigenvalue weighted by atomic mass is 16.7. The Balaban J connectivity index is 3.10. The van der Waals surface area contributed by atoms with Crippen molar-refractivity contribution in [2.75, 3.05) is 6.54 Å². The zero-order valence-corrected chi connectivity index (χ0v) is 23.4. The van der Waals surface area contributed by atoms with E-state index in [2.05, 4.69) is 5.32 Å². The van der Waals surface area contributed by atoms with Gasteiger partial charge in [0.2, 0.25) is 0 Å². The van der Waals surface area contributed by atoms with Gasteiger partial charge in [0.05, 0.1) is 0 Å². The van der Waals surface area contributed by atoms with Gasteiger partial charge in [0.15, 0.2) is 11.5 Å². The Morgan fingerprint density at radius 1 is 0.816 bits per heavy atom. The maximum Gasteiger partial charge on any atom is 0.514 e. The average molecular weight is 540 g/mol. The first kappa shape index (κ1) is 32.7. The van der Waals surface area contributed by atoms with Crippen molar-refractivity contribution in [1.29, 1.82) is 0 Å². The molecule has 0 fully saturated rings.